The lowest BCUT2D eigenvalue weighted by atomic mass is 9.91. The van der Waals surface area contributed by atoms with Gasteiger partial charge in [0.25, 0.3) is 0 Å². The van der Waals surface area contributed by atoms with Gasteiger partial charge < -0.3 is 5.11 Å². The molecule has 20 heavy (non-hydrogen) atoms. The molecule has 0 spiro atoms. The third kappa shape index (κ3) is 2.37. The quantitative estimate of drug-likeness (QED) is 0.922. The van der Waals surface area contributed by atoms with Gasteiger partial charge in [0.2, 0.25) is 0 Å². The van der Waals surface area contributed by atoms with Gasteiger partial charge in [0.15, 0.2) is 0 Å². The molecule has 2 aromatic rings. The standard InChI is InChI=1S/C18H21NO/c1-14-17-10-6-5-7-15(17)11-12-19(14)18(13-20)16-8-3-2-4-9-16/h2-10,14,18,20H,11-13H2,1H3/t14-,18-/m0/s1. The molecule has 0 radical (unpaired) electrons. The van der Waals surface area contributed by atoms with E-state index in [2.05, 4.69) is 48.2 Å². The molecule has 1 aliphatic rings. The lowest BCUT2D eigenvalue weighted by Gasteiger charge is -2.40. The molecule has 0 fully saturated rings. The number of aliphatic hydroxyl groups excluding tert-OH is 1. The summed E-state index contributed by atoms with van der Waals surface area (Å²) < 4.78 is 0. The molecule has 0 unspecified atom stereocenters. The molecule has 0 amide bonds. The first-order valence-corrected chi connectivity index (χ1v) is 7.30. The van der Waals surface area contributed by atoms with E-state index in [1.54, 1.807) is 0 Å². The number of fused-ring (bicyclic) bond motifs is 1. The minimum absolute atomic E-state index is 0.0829. The van der Waals surface area contributed by atoms with E-state index in [0.29, 0.717) is 6.04 Å². The van der Waals surface area contributed by atoms with Crippen LogP contribution in [0.15, 0.2) is 54.6 Å². The van der Waals surface area contributed by atoms with Gasteiger partial charge in [-0.05, 0) is 30.0 Å². The molecular weight excluding hydrogens is 246 g/mol. The largest absolute Gasteiger partial charge is 0.394 e. The predicted molar refractivity (Wildman–Crippen MR) is 81.5 cm³/mol. The van der Waals surface area contributed by atoms with Gasteiger partial charge in [-0.3, -0.25) is 4.90 Å². The van der Waals surface area contributed by atoms with Gasteiger partial charge in [-0.1, -0.05) is 54.6 Å². The zero-order valence-corrected chi connectivity index (χ0v) is 11.9. The van der Waals surface area contributed by atoms with Crippen molar-refractivity contribution in [2.75, 3.05) is 13.2 Å². The Morgan fingerprint density at radius 1 is 1.10 bits per heavy atom. The number of hydrogen-bond donors (Lipinski definition) is 1. The van der Waals surface area contributed by atoms with Crippen molar-refractivity contribution in [2.45, 2.75) is 25.4 Å². The highest BCUT2D eigenvalue weighted by molar-refractivity contribution is 5.33. The van der Waals surface area contributed by atoms with Crippen LogP contribution in [0.2, 0.25) is 0 Å². The van der Waals surface area contributed by atoms with E-state index >= 15 is 0 Å². The molecule has 2 heteroatoms. The second-order valence-corrected chi connectivity index (χ2v) is 5.47. The summed E-state index contributed by atoms with van der Waals surface area (Å²) in [6.07, 6.45) is 1.06. The molecule has 0 aromatic heterocycles. The highest BCUT2D eigenvalue weighted by Crippen LogP contribution is 2.35. The Kier molecular flexibility index (Phi) is 3.86. The normalized spacial score (nSPS) is 20.4. The molecule has 1 aliphatic heterocycles. The molecule has 1 heterocycles. The van der Waals surface area contributed by atoms with Gasteiger partial charge in [-0.15, -0.1) is 0 Å². The Morgan fingerprint density at radius 3 is 2.55 bits per heavy atom. The fraction of sp³-hybridized carbons (Fsp3) is 0.333. The number of benzene rings is 2. The van der Waals surface area contributed by atoms with Crippen LogP contribution in [0.1, 0.15) is 35.7 Å². The molecule has 104 valence electrons. The summed E-state index contributed by atoms with van der Waals surface area (Å²) in [5, 5.41) is 9.86. The molecule has 2 nitrogen and oxygen atoms in total. The SMILES string of the molecule is C[C@H]1c2ccccc2CCN1[C@@H](CO)c1ccccc1. The molecule has 2 aromatic carbocycles. The average molecular weight is 267 g/mol. The van der Waals surface area contributed by atoms with Crippen LogP contribution in [0, 0.1) is 0 Å². The van der Waals surface area contributed by atoms with Crippen molar-refractivity contribution in [1.82, 2.24) is 4.90 Å². The van der Waals surface area contributed by atoms with Crippen LogP contribution in [-0.2, 0) is 6.42 Å². The Morgan fingerprint density at radius 2 is 1.80 bits per heavy atom. The third-order valence-electron chi connectivity index (χ3n) is 4.40. The number of hydrogen-bond acceptors (Lipinski definition) is 2. The van der Waals surface area contributed by atoms with Crippen LogP contribution in [0.3, 0.4) is 0 Å². The van der Waals surface area contributed by atoms with Crippen molar-refractivity contribution in [3.05, 3.63) is 71.3 Å². The van der Waals surface area contributed by atoms with E-state index in [1.807, 2.05) is 18.2 Å². The van der Waals surface area contributed by atoms with E-state index in [0.717, 1.165) is 13.0 Å². The maximum atomic E-state index is 9.86. The lowest BCUT2D eigenvalue weighted by molar-refractivity contribution is 0.0821. The first-order valence-electron chi connectivity index (χ1n) is 7.30. The van der Waals surface area contributed by atoms with Gasteiger partial charge in [0.1, 0.15) is 0 Å². The van der Waals surface area contributed by atoms with E-state index in [4.69, 9.17) is 0 Å². The highest BCUT2D eigenvalue weighted by atomic mass is 16.3. The Bertz CT molecular complexity index is 567. The molecule has 1 N–H and O–H groups in total. The zero-order chi connectivity index (χ0) is 13.9. The molecule has 3 rings (SSSR count). The first kappa shape index (κ1) is 13.3. The van der Waals surface area contributed by atoms with Crippen molar-refractivity contribution in [2.24, 2.45) is 0 Å². The summed E-state index contributed by atoms with van der Waals surface area (Å²) in [7, 11) is 0. The van der Waals surface area contributed by atoms with E-state index in [9.17, 15) is 5.11 Å². The van der Waals surface area contributed by atoms with Crippen LogP contribution < -0.4 is 0 Å². The Hall–Kier alpha value is -1.64. The van der Waals surface area contributed by atoms with Crippen molar-refractivity contribution < 1.29 is 5.11 Å². The van der Waals surface area contributed by atoms with Crippen molar-refractivity contribution in [3.8, 4) is 0 Å². The van der Waals surface area contributed by atoms with Crippen LogP contribution in [0.4, 0.5) is 0 Å². The topological polar surface area (TPSA) is 23.5 Å². The lowest BCUT2D eigenvalue weighted by Crippen LogP contribution is -2.38. The fourth-order valence-corrected chi connectivity index (χ4v) is 3.29. The second-order valence-electron chi connectivity index (χ2n) is 5.47. The van der Waals surface area contributed by atoms with Crippen molar-refractivity contribution in [1.29, 1.82) is 0 Å². The predicted octanol–water partition coefficient (Wildman–Crippen LogP) is 3.34. The van der Waals surface area contributed by atoms with E-state index in [-0.39, 0.29) is 12.6 Å². The number of nitrogens with zero attached hydrogens (tertiary/aromatic N) is 1. The van der Waals surface area contributed by atoms with Crippen molar-refractivity contribution >= 4 is 0 Å². The summed E-state index contributed by atoms with van der Waals surface area (Å²) >= 11 is 0. The molecule has 2 atom stereocenters. The smallest absolute Gasteiger partial charge is 0.0628 e. The van der Waals surface area contributed by atoms with Crippen LogP contribution in [0.25, 0.3) is 0 Å². The van der Waals surface area contributed by atoms with Crippen LogP contribution >= 0.6 is 0 Å². The van der Waals surface area contributed by atoms with E-state index < -0.39 is 0 Å². The van der Waals surface area contributed by atoms with Crippen molar-refractivity contribution in [3.63, 3.8) is 0 Å². The molecule has 0 saturated heterocycles. The van der Waals surface area contributed by atoms with Gasteiger partial charge in [-0.25, -0.2) is 0 Å². The minimum atomic E-state index is 0.0829. The second kappa shape index (κ2) is 5.78. The first-order chi connectivity index (χ1) is 9.81. The van der Waals surface area contributed by atoms with Gasteiger partial charge in [0.05, 0.1) is 12.6 Å². The van der Waals surface area contributed by atoms with Gasteiger partial charge in [-0.2, -0.15) is 0 Å². The molecule has 0 bridgehead atoms. The van der Waals surface area contributed by atoms with Crippen LogP contribution in [0.5, 0.6) is 0 Å². The number of rotatable bonds is 3. The average Bonchev–Trinajstić information content (AvgIpc) is 2.51. The van der Waals surface area contributed by atoms with E-state index in [1.165, 1.54) is 16.7 Å². The molecular formula is C18H21NO. The molecule has 0 aliphatic carbocycles. The summed E-state index contributed by atoms with van der Waals surface area (Å²) in [6.45, 7) is 3.40. The number of aliphatic hydroxyl groups is 1. The zero-order valence-electron chi connectivity index (χ0n) is 11.9. The summed E-state index contributed by atoms with van der Waals surface area (Å²) in [5.41, 5.74) is 4.04. The monoisotopic (exact) mass is 267 g/mol. The minimum Gasteiger partial charge on any atom is -0.394 e. The van der Waals surface area contributed by atoms with Gasteiger partial charge in [0, 0.05) is 12.6 Å². The molecule has 0 saturated carbocycles. The summed E-state index contributed by atoms with van der Waals surface area (Å²) in [5.74, 6) is 0. The Balaban J connectivity index is 1.91. The maximum Gasteiger partial charge on any atom is 0.0628 e. The van der Waals surface area contributed by atoms with Gasteiger partial charge >= 0.3 is 0 Å². The highest BCUT2D eigenvalue weighted by Gasteiger charge is 2.29. The summed E-state index contributed by atoms with van der Waals surface area (Å²) in [6, 6.07) is 19.4. The Labute approximate surface area is 120 Å². The third-order valence-corrected chi connectivity index (χ3v) is 4.40. The maximum absolute atomic E-state index is 9.86. The van der Waals surface area contributed by atoms with Crippen LogP contribution in [-0.4, -0.2) is 23.2 Å². The summed E-state index contributed by atoms with van der Waals surface area (Å²) in [4.78, 5) is 2.41. The fourth-order valence-electron chi connectivity index (χ4n) is 3.29.